The van der Waals surface area contributed by atoms with Gasteiger partial charge in [-0.15, -0.1) is 0 Å². The third-order valence-corrected chi connectivity index (χ3v) is 3.61. The Morgan fingerprint density at radius 2 is 1.89 bits per heavy atom. The summed E-state index contributed by atoms with van der Waals surface area (Å²) in [4.78, 5) is 15.5. The second kappa shape index (κ2) is 6.57. The standard InChI is InChI=1S/C15H23N3O/c1-3-4-15(19)16-13-5-7-14(8-6-13)18-11-9-17(2)10-12-18/h5-8H,3-4,9-12H2,1-2H3,(H,16,19)/p+1. The number of likely N-dealkylation sites (N-methyl/N-ethyl adjacent to an activating group) is 1. The zero-order valence-electron chi connectivity index (χ0n) is 11.9. The number of amides is 1. The zero-order chi connectivity index (χ0) is 13.7. The fraction of sp³-hybridized carbons (Fsp3) is 0.533. The molecule has 0 saturated carbocycles. The van der Waals surface area contributed by atoms with Gasteiger partial charge in [-0.1, -0.05) is 6.92 Å². The van der Waals surface area contributed by atoms with E-state index in [2.05, 4.69) is 29.4 Å². The van der Waals surface area contributed by atoms with E-state index in [9.17, 15) is 4.79 Å². The highest BCUT2D eigenvalue weighted by Gasteiger charge is 2.16. The summed E-state index contributed by atoms with van der Waals surface area (Å²) in [6.07, 6.45) is 1.47. The minimum Gasteiger partial charge on any atom is -0.360 e. The average molecular weight is 262 g/mol. The molecule has 1 aliphatic heterocycles. The highest BCUT2D eigenvalue weighted by Crippen LogP contribution is 2.18. The van der Waals surface area contributed by atoms with Gasteiger partial charge in [-0.25, -0.2) is 0 Å². The first-order valence-electron chi connectivity index (χ1n) is 7.15. The van der Waals surface area contributed by atoms with Crippen molar-refractivity contribution in [2.45, 2.75) is 19.8 Å². The van der Waals surface area contributed by atoms with Crippen LogP contribution in [0.4, 0.5) is 11.4 Å². The van der Waals surface area contributed by atoms with Crippen molar-refractivity contribution >= 4 is 17.3 Å². The van der Waals surface area contributed by atoms with Crippen molar-refractivity contribution in [3.63, 3.8) is 0 Å². The van der Waals surface area contributed by atoms with Gasteiger partial charge in [0.2, 0.25) is 5.91 Å². The summed E-state index contributed by atoms with van der Waals surface area (Å²) in [6, 6.07) is 8.19. The first kappa shape index (κ1) is 13.9. The number of benzene rings is 1. The third-order valence-electron chi connectivity index (χ3n) is 3.61. The molecule has 1 aromatic rings. The van der Waals surface area contributed by atoms with Crippen molar-refractivity contribution in [3.8, 4) is 0 Å². The molecule has 4 nitrogen and oxygen atoms in total. The predicted molar refractivity (Wildman–Crippen MR) is 78.8 cm³/mol. The molecule has 19 heavy (non-hydrogen) atoms. The molecule has 1 heterocycles. The molecule has 0 unspecified atom stereocenters. The molecule has 0 spiro atoms. The maximum absolute atomic E-state index is 11.5. The van der Waals surface area contributed by atoms with Crippen LogP contribution >= 0.6 is 0 Å². The number of anilines is 2. The van der Waals surface area contributed by atoms with Crippen LogP contribution in [0.15, 0.2) is 24.3 Å². The van der Waals surface area contributed by atoms with Crippen LogP contribution in [0.25, 0.3) is 0 Å². The van der Waals surface area contributed by atoms with Gasteiger partial charge in [0.15, 0.2) is 0 Å². The van der Waals surface area contributed by atoms with Crippen molar-refractivity contribution in [2.75, 3.05) is 43.4 Å². The van der Waals surface area contributed by atoms with Crippen molar-refractivity contribution in [2.24, 2.45) is 0 Å². The Morgan fingerprint density at radius 1 is 1.26 bits per heavy atom. The van der Waals surface area contributed by atoms with Gasteiger partial charge in [0, 0.05) is 17.8 Å². The van der Waals surface area contributed by atoms with E-state index < -0.39 is 0 Å². The molecule has 0 bridgehead atoms. The van der Waals surface area contributed by atoms with E-state index in [-0.39, 0.29) is 5.91 Å². The largest absolute Gasteiger partial charge is 0.360 e. The van der Waals surface area contributed by atoms with Crippen LogP contribution in [0.2, 0.25) is 0 Å². The van der Waals surface area contributed by atoms with Crippen LogP contribution in [0.3, 0.4) is 0 Å². The molecule has 2 rings (SSSR count). The molecule has 1 fully saturated rings. The van der Waals surface area contributed by atoms with Gasteiger partial charge in [-0.05, 0) is 30.7 Å². The SMILES string of the molecule is CCCC(=O)Nc1ccc(N2CC[NH+](C)CC2)cc1. The van der Waals surface area contributed by atoms with Crippen molar-refractivity contribution in [1.82, 2.24) is 0 Å². The Kier molecular flexibility index (Phi) is 4.80. The lowest BCUT2D eigenvalue weighted by Crippen LogP contribution is -3.12. The van der Waals surface area contributed by atoms with Gasteiger partial charge in [0.05, 0.1) is 33.2 Å². The van der Waals surface area contributed by atoms with Crippen LogP contribution in [-0.4, -0.2) is 39.1 Å². The Bertz CT molecular complexity index is 408. The summed E-state index contributed by atoms with van der Waals surface area (Å²) in [7, 11) is 2.24. The summed E-state index contributed by atoms with van der Waals surface area (Å²) in [6.45, 7) is 6.60. The maximum Gasteiger partial charge on any atom is 0.224 e. The van der Waals surface area contributed by atoms with Crippen molar-refractivity contribution < 1.29 is 9.69 Å². The molecule has 2 N–H and O–H groups in total. The van der Waals surface area contributed by atoms with E-state index in [0.29, 0.717) is 6.42 Å². The number of carbonyl (C=O) groups is 1. The maximum atomic E-state index is 11.5. The van der Waals surface area contributed by atoms with E-state index in [0.717, 1.165) is 25.2 Å². The molecular formula is C15H24N3O+. The Morgan fingerprint density at radius 3 is 2.47 bits per heavy atom. The quantitative estimate of drug-likeness (QED) is 0.840. The summed E-state index contributed by atoms with van der Waals surface area (Å²) < 4.78 is 0. The molecule has 0 aliphatic carbocycles. The molecule has 4 heteroatoms. The second-order valence-electron chi connectivity index (χ2n) is 5.29. The Labute approximate surface area is 115 Å². The van der Waals surface area contributed by atoms with Gasteiger partial charge in [-0.3, -0.25) is 4.79 Å². The van der Waals surface area contributed by atoms with Crippen molar-refractivity contribution in [1.29, 1.82) is 0 Å². The number of hydrogen-bond acceptors (Lipinski definition) is 2. The number of hydrogen-bond donors (Lipinski definition) is 2. The zero-order valence-corrected chi connectivity index (χ0v) is 11.9. The average Bonchev–Trinajstić information content (AvgIpc) is 2.41. The molecule has 0 radical (unpaired) electrons. The lowest BCUT2D eigenvalue weighted by molar-refractivity contribution is -0.880. The van der Waals surface area contributed by atoms with Gasteiger partial charge in [0.25, 0.3) is 0 Å². The predicted octanol–water partition coefficient (Wildman–Crippen LogP) is 0.760. The van der Waals surface area contributed by atoms with E-state index in [1.54, 1.807) is 4.90 Å². The highest BCUT2D eigenvalue weighted by molar-refractivity contribution is 5.90. The van der Waals surface area contributed by atoms with Gasteiger partial charge in [-0.2, -0.15) is 0 Å². The van der Waals surface area contributed by atoms with E-state index in [4.69, 9.17) is 0 Å². The van der Waals surface area contributed by atoms with Crippen LogP contribution in [0.1, 0.15) is 19.8 Å². The highest BCUT2D eigenvalue weighted by atomic mass is 16.1. The van der Waals surface area contributed by atoms with Crippen LogP contribution in [0, 0.1) is 0 Å². The number of nitrogens with one attached hydrogen (secondary N) is 2. The van der Waals surface area contributed by atoms with Gasteiger partial charge >= 0.3 is 0 Å². The fourth-order valence-corrected chi connectivity index (χ4v) is 2.35. The first-order chi connectivity index (χ1) is 9.19. The summed E-state index contributed by atoms with van der Waals surface area (Å²) in [5.41, 5.74) is 2.14. The lowest BCUT2D eigenvalue weighted by atomic mass is 10.2. The Hall–Kier alpha value is -1.55. The number of nitrogens with zero attached hydrogens (tertiary/aromatic N) is 1. The molecule has 1 aromatic carbocycles. The summed E-state index contributed by atoms with van der Waals surface area (Å²) in [5, 5.41) is 2.92. The third kappa shape index (κ3) is 3.96. The van der Waals surface area contributed by atoms with Crippen LogP contribution in [-0.2, 0) is 4.79 Å². The lowest BCUT2D eigenvalue weighted by Gasteiger charge is -2.31. The smallest absolute Gasteiger partial charge is 0.224 e. The number of carbonyl (C=O) groups excluding carboxylic acids is 1. The molecular weight excluding hydrogens is 238 g/mol. The van der Waals surface area contributed by atoms with Gasteiger partial charge < -0.3 is 15.1 Å². The minimum absolute atomic E-state index is 0.0958. The number of rotatable bonds is 4. The van der Waals surface area contributed by atoms with Gasteiger partial charge in [0.1, 0.15) is 0 Å². The first-order valence-corrected chi connectivity index (χ1v) is 7.15. The minimum atomic E-state index is 0.0958. The molecule has 104 valence electrons. The van der Waals surface area contributed by atoms with Crippen molar-refractivity contribution in [3.05, 3.63) is 24.3 Å². The molecule has 1 saturated heterocycles. The Balaban J connectivity index is 1.92. The van der Waals surface area contributed by atoms with Crippen LogP contribution in [0.5, 0.6) is 0 Å². The number of quaternary nitrogens is 1. The molecule has 0 aromatic heterocycles. The number of piperazine rings is 1. The molecule has 1 aliphatic rings. The topological polar surface area (TPSA) is 36.8 Å². The summed E-state index contributed by atoms with van der Waals surface area (Å²) in [5.74, 6) is 0.0958. The normalized spacial score (nSPS) is 16.4. The second-order valence-corrected chi connectivity index (χ2v) is 5.29. The molecule has 0 atom stereocenters. The van der Waals surface area contributed by atoms with E-state index >= 15 is 0 Å². The monoisotopic (exact) mass is 262 g/mol. The summed E-state index contributed by atoms with van der Waals surface area (Å²) >= 11 is 0. The van der Waals surface area contributed by atoms with E-state index in [1.165, 1.54) is 18.8 Å². The van der Waals surface area contributed by atoms with E-state index in [1.807, 2.05) is 19.1 Å². The molecule has 1 amide bonds. The van der Waals surface area contributed by atoms with Crippen LogP contribution < -0.4 is 15.1 Å². The fourth-order valence-electron chi connectivity index (χ4n) is 2.35.